The Morgan fingerprint density at radius 2 is 1.90 bits per heavy atom. The normalized spacial score (nSPS) is 14.7. The molecule has 0 unspecified atom stereocenters. The average molecular weight is 440 g/mol. The number of rotatable bonds is 5. The molecule has 162 valence electrons. The molecule has 3 heterocycles. The van der Waals surface area contributed by atoms with Crippen molar-refractivity contribution in [2.45, 2.75) is 33.2 Å². The van der Waals surface area contributed by atoms with Gasteiger partial charge in [0.05, 0.1) is 24.2 Å². The molecule has 1 aromatic carbocycles. The summed E-state index contributed by atoms with van der Waals surface area (Å²) in [6.45, 7) is 5.08. The van der Waals surface area contributed by atoms with Crippen LogP contribution in [0, 0.1) is 12.8 Å². The topological polar surface area (TPSA) is 81.5 Å². The Kier molecular flexibility index (Phi) is 6.18. The molecule has 4 rings (SSSR count). The van der Waals surface area contributed by atoms with Gasteiger partial charge in [-0.15, -0.1) is 11.3 Å². The van der Waals surface area contributed by atoms with Crippen molar-refractivity contribution in [3.05, 3.63) is 51.9 Å². The van der Waals surface area contributed by atoms with Crippen LogP contribution < -0.4 is 5.56 Å². The lowest BCUT2D eigenvalue weighted by atomic mass is 9.97. The maximum absolute atomic E-state index is 13.2. The van der Waals surface area contributed by atoms with E-state index in [0.717, 1.165) is 16.7 Å². The van der Waals surface area contributed by atoms with Crippen molar-refractivity contribution in [1.29, 1.82) is 0 Å². The molecule has 31 heavy (non-hydrogen) atoms. The van der Waals surface area contributed by atoms with Gasteiger partial charge < -0.3 is 9.64 Å². The van der Waals surface area contributed by atoms with Gasteiger partial charge in [-0.2, -0.15) is 0 Å². The highest BCUT2D eigenvalue weighted by molar-refractivity contribution is 7.17. The van der Waals surface area contributed by atoms with Crippen molar-refractivity contribution in [2.75, 3.05) is 19.7 Å². The van der Waals surface area contributed by atoms with Crippen molar-refractivity contribution < 1.29 is 14.3 Å². The van der Waals surface area contributed by atoms with Gasteiger partial charge in [-0.05, 0) is 32.3 Å². The molecule has 0 atom stereocenters. The van der Waals surface area contributed by atoms with Gasteiger partial charge >= 0.3 is 5.97 Å². The molecular weight excluding hydrogens is 414 g/mol. The lowest BCUT2D eigenvalue weighted by Crippen LogP contribution is -2.43. The minimum atomic E-state index is -0.211. The number of fused-ring (bicyclic) bond motifs is 1. The lowest BCUT2D eigenvalue weighted by Gasteiger charge is -2.31. The van der Waals surface area contributed by atoms with E-state index in [-0.39, 0.29) is 29.9 Å². The smallest absolute Gasteiger partial charge is 0.309 e. The Labute approximate surface area is 184 Å². The number of aryl methyl sites for hydroxylation is 1. The second-order valence-corrected chi connectivity index (χ2v) is 8.64. The first kappa shape index (κ1) is 21.2. The molecule has 1 fully saturated rings. The summed E-state index contributed by atoms with van der Waals surface area (Å²) >= 11 is 1.43. The van der Waals surface area contributed by atoms with Crippen LogP contribution in [0.25, 0.3) is 21.3 Å². The van der Waals surface area contributed by atoms with E-state index in [4.69, 9.17) is 4.74 Å². The number of amides is 1. The van der Waals surface area contributed by atoms with Crippen molar-refractivity contribution in [2.24, 2.45) is 5.92 Å². The van der Waals surface area contributed by atoms with Crippen molar-refractivity contribution in [3.63, 3.8) is 0 Å². The number of esters is 1. The van der Waals surface area contributed by atoms with Gasteiger partial charge in [0.25, 0.3) is 5.56 Å². The third-order valence-corrected chi connectivity index (χ3v) is 6.58. The first-order valence-electron chi connectivity index (χ1n) is 10.5. The number of ether oxygens (including phenoxy) is 1. The number of carbonyl (C=O) groups excluding carboxylic acids is 2. The fraction of sp³-hybridized carbons (Fsp3) is 0.391. The number of benzene rings is 1. The summed E-state index contributed by atoms with van der Waals surface area (Å²) < 4.78 is 6.46. The molecule has 0 radical (unpaired) electrons. The number of thiophene rings is 1. The molecule has 1 aliphatic heterocycles. The van der Waals surface area contributed by atoms with Crippen LogP contribution in [0.15, 0.2) is 40.8 Å². The van der Waals surface area contributed by atoms with Crippen LogP contribution in [0.3, 0.4) is 0 Å². The maximum Gasteiger partial charge on any atom is 0.309 e. The Hall–Kier alpha value is -3.00. The zero-order chi connectivity index (χ0) is 22.0. The molecule has 0 saturated carbocycles. The molecule has 1 saturated heterocycles. The van der Waals surface area contributed by atoms with E-state index in [2.05, 4.69) is 4.98 Å². The number of nitrogens with zero attached hydrogens (tertiary/aromatic N) is 3. The highest BCUT2D eigenvalue weighted by Gasteiger charge is 2.28. The zero-order valence-electron chi connectivity index (χ0n) is 17.7. The Morgan fingerprint density at radius 3 is 2.58 bits per heavy atom. The molecule has 0 aliphatic carbocycles. The Morgan fingerprint density at radius 1 is 1.19 bits per heavy atom. The second-order valence-electron chi connectivity index (χ2n) is 7.78. The van der Waals surface area contributed by atoms with Crippen LogP contribution >= 0.6 is 11.3 Å². The van der Waals surface area contributed by atoms with E-state index in [9.17, 15) is 14.4 Å². The molecule has 2 aromatic heterocycles. The fourth-order valence-electron chi connectivity index (χ4n) is 3.90. The van der Waals surface area contributed by atoms with E-state index in [1.54, 1.807) is 11.8 Å². The third-order valence-electron chi connectivity index (χ3n) is 5.70. The van der Waals surface area contributed by atoms with Crippen LogP contribution in [0.2, 0.25) is 0 Å². The minimum Gasteiger partial charge on any atom is -0.466 e. The average Bonchev–Trinajstić information content (AvgIpc) is 3.21. The third kappa shape index (κ3) is 4.39. The summed E-state index contributed by atoms with van der Waals surface area (Å²) in [5, 5.41) is 2.49. The highest BCUT2D eigenvalue weighted by atomic mass is 32.1. The summed E-state index contributed by atoms with van der Waals surface area (Å²) in [6, 6.07) is 8.01. The van der Waals surface area contributed by atoms with E-state index in [0.29, 0.717) is 42.8 Å². The first-order valence-corrected chi connectivity index (χ1v) is 11.3. The number of hydrogen-bond donors (Lipinski definition) is 0. The van der Waals surface area contributed by atoms with Gasteiger partial charge in [-0.25, -0.2) is 4.98 Å². The predicted molar refractivity (Wildman–Crippen MR) is 120 cm³/mol. The van der Waals surface area contributed by atoms with E-state index >= 15 is 0 Å². The molecular formula is C23H25N3O4S. The molecule has 8 heteroatoms. The van der Waals surface area contributed by atoms with Gasteiger partial charge in [0.2, 0.25) is 5.91 Å². The number of likely N-dealkylation sites (tertiary alicyclic amines) is 1. The summed E-state index contributed by atoms with van der Waals surface area (Å²) in [5.41, 5.74) is 2.74. The molecule has 0 N–H and O–H groups in total. The maximum atomic E-state index is 13.2. The number of piperidine rings is 1. The molecule has 0 bridgehead atoms. The lowest BCUT2D eigenvalue weighted by molar-refractivity contribution is -0.151. The van der Waals surface area contributed by atoms with Crippen LogP contribution in [-0.2, 0) is 20.9 Å². The van der Waals surface area contributed by atoms with Gasteiger partial charge in [-0.1, -0.05) is 29.8 Å². The highest BCUT2D eigenvalue weighted by Crippen LogP contribution is 2.30. The monoisotopic (exact) mass is 439 g/mol. The molecule has 7 nitrogen and oxygen atoms in total. The Bertz CT molecular complexity index is 1160. The summed E-state index contributed by atoms with van der Waals surface area (Å²) in [4.78, 5) is 44.7. The quantitative estimate of drug-likeness (QED) is 0.570. The summed E-state index contributed by atoms with van der Waals surface area (Å²) in [7, 11) is 0. The molecule has 3 aromatic rings. The standard InChI is InChI=1S/C23H25N3O4S/c1-3-30-23(29)17-8-10-25(11-9-17)19(27)12-26-14-24-21-20(22(26)28)18(13-31-21)16-6-4-15(2)5-7-16/h4-7,13-14,17H,3,8-12H2,1-2H3. The Balaban J connectivity index is 1.51. The van der Waals surface area contributed by atoms with Gasteiger partial charge in [0.15, 0.2) is 0 Å². The fourth-order valence-corrected chi connectivity index (χ4v) is 4.80. The van der Waals surface area contributed by atoms with Crippen molar-refractivity contribution >= 4 is 33.4 Å². The van der Waals surface area contributed by atoms with Gasteiger partial charge in [0.1, 0.15) is 11.4 Å². The zero-order valence-corrected chi connectivity index (χ0v) is 18.5. The first-order chi connectivity index (χ1) is 15.0. The van der Waals surface area contributed by atoms with Crippen LogP contribution in [-0.4, -0.2) is 46.0 Å². The summed E-state index contributed by atoms with van der Waals surface area (Å²) in [5.74, 6) is -0.494. The molecule has 0 spiro atoms. The largest absolute Gasteiger partial charge is 0.466 e. The number of hydrogen-bond acceptors (Lipinski definition) is 6. The van der Waals surface area contributed by atoms with E-state index < -0.39 is 0 Å². The van der Waals surface area contributed by atoms with Crippen molar-refractivity contribution in [3.8, 4) is 11.1 Å². The number of aromatic nitrogens is 2. The molecule has 1 aliphatic rings. The molecule has 1 amide bonds. The van der Waals surface area contributed by atoms with Crippen LogP contribution in [0.5, 0.6) is 0 Å². The van der Waals surface area contributed by atoms with E-state index in [1.165, 1.54) is 22.2 Å². The van der Waals surface area contributed by atoms with Crippen LogP contribution in [0.1, 0.15) is 25.3 Å². The number of carbonyl (C=O) groups is 2. The minimum absolute atomic E-state index is 0.0605. The van der Waals surface area contributed by atoms with Crippen LogP contribution in [0.4, 0.5) is 0 Å². The SMILES string of the molecule is CCOC(=O)C1CCN(C(=O)Cn2cnc3scc(-c4ccc(C)cc4)c3c2=O)CC1. The van der Waals surface area contributed by atoms with Gasteiger partial charge in [-0.3, -0.25) is 19.0 Å². The predicted octanol–water partition coefficient (Wildman–Crippen LogP) is 3.24. The summed E-state index contributed by atoms with van der Waals surface area (Å²) in [6.07, 6.45) is 2.61. The second kappa shape index (κ2) is 9.01. The van der Waals surface area contributed by atoms with Gasteiger partial charge in [0, 0.05) is 24.0 Å². The van der Waals surface area contributed by atoms with E-state index in [1.807, 2.05) is 36.6 Å². The van der Waals surface area contributed by atoms with Crippen molar-refractivity contribution in [1.82, 2.24) is 14.5 Å².